The van der Waals surface area contributed by atoms with Crippen LogP contribution in [0.4, 0.5) is 4.39 Å². The summed E-state index contributed by atoms with van der Waals surface area (Å²) in [7, 11) is 1.73. The van der Waals surface area contributed by atoms with Crippen LogP contribution in [0, 0.1) is 0 Å². The van der Waals surface area contributed by atoms with Crippen LogP contribution < -0.4 is 5.32 Å². The molecule has 1 rings (SSSR count). The highest BCUT2D eigenvalue weighted by atomic mass is 19.1. The third-order valence-electron chi connectivity index (χ3n) is 2.00. The van der Waals surface area contributed by atoms with Gasteiger partial charge in [-0.25, -0.2) is 0 Å². The van der Waals surface area contributed by atoms with Gasteiger partial charge in [-0.2, -0.15) is 0 Å². The normalized spacial score (nSPS) is 10.1. The Labute approximate surface area is 83.1 Å². The Hall–Kier alpha value is -1.22. The molecule has 1 aromatic carbocycles. The number of aryl methyl sites for hydroxylation is 1. The summed E-state index contributed by atoms with van der Waals surface area (Å²) in [4.78, 5) is 11.4. The zero-order valence-electron chi connectivity index (χ0n) is 8.22. The first-order valence-electron chi connectivity index (χ1n) is 4.60. The molecule has 0 aromatic heterocycles. The minimum Gasteiger partial charge on any atom is -0.313 e. The molecule has 0 fully saturated rings. The average Bonchev–Trinajstić information content (AvgIpc) is 2.20. The topological polar surface area (TPSA) is 29.1 Å². The monoisotopic (exact) mass is 195 g/mol. The Bertz CT molecular complexity index is 295. The SMILES string of the molecule is CNCC(=O)c1ccc(CCF)cc1. The number of carbonyl (C=O) groups excluding carboxylic acids is 1. The molecule has 0 unspecified atom stereocenters. The third-order valence-corrected chi connectivity index (χ3v) is 2.00. The van der Waals surface area contributed by atoms with Gasteiger partial charge < -0.3 is 5.32 Å². The van der Waals surface area contributed by atoms with E-state index >= 15 is 0 Å². The molecule has 0 atom stereocenters. The van der Waals surface area contributed by atoms with Gasteiger partial charge in [0.15, 0.2) is 5.78 Å². The molecular formula is C11H14FNO. The zero-order chi connectivity index (χ0) is 10.4. The second-order valence-electron chi connectivity index (χ2n) is 3.09. The molecule has 76 valence electrons. The van der Waals surface area contributed by atoms with Gasteiger partial charge in [0, 0.05) is 12.0 Å². The fourth-order valence-corrected chi connectivity index (χ4v) is 1.23. The quantitative estimate of drug-likeness (QED) is 0.723. The Morgan fingerprint density at radius 2 is 2.00 bits per heavy atom. The minimum atomic E-state index is -0.357. The van der Waals surface area contributed by atoms with Gasteiger partial charge >= 0.3 is 0 Å². The highest BCUT2D eigenvalue weighted by Gasteiger charge is 2.03. The molecule has 0 aliphatic heterocycles. The number of likely N-dealkylation sites (N-methyl/N-ethyl adjacent to an activating group) is 1. The Balaban J connectivity index is 2.67. The van der Waals surface area contributed by atoms with Gasteiger partial charge in [0.05, 0.1) is 13.2 Å². The van der Waals surface area contributed by atoms with Crippen LogP contribution in [-0.2, 0) is 6.42 Å². The minimum absolute atomic E-state index is 0.0549. The standard InChI is InChI=1S/C11H14FNO/c1-13-8-11(14)10-4-2-9(3-5-10)6-7-12/h2-5,13H,6-8H2,1H3. The first kappa shape index (κ1) is 10.9. The molecule has 3 heteroatoms. The number of halogens is 1. The van der Waals surface area contributed by atoms with Crippen molar-refractivity contribution in [1.29, 1.82) is 0 Å². The fourth-order valence-electron chi connectivity index (χ4n) is 1.23. The largest absolute Gasteiger partial charge is 0.313 e. The number of carbonyl (C=O) groups is 1. The number of hydrogen-bond donors (Lipinski definition) is 1. The van der Waals surface area contributed by atoms with E-state index in [9.17, 15) is 9.18 Å². The van der Waals surface area contributed by atoms with Crippen LogP contribution in [0.15, 0.2) is 24.3 Å². The Kier molecular flexibility index (Phi) is 4.26. The zero-order valence-corrected chi connectivity index (χ0v) is 8.22. The molecule has 1 N–H and O–H groups in total. The second-order valence-corrected chi connectivity index (χ2v) is 3.09. The predicted molar refractivity (Wildman–Crippen MR) is 54.4 cm³/mol. The van der Waals surface area contributed by atoms with Crippen molar-refractivity contribution < 1.29 is 9.18 Å². The first-order valence-corrected chi connectivity index (χ1v) is 4.60. The molecule has 2 nitrogen and oxygen atoms in total. The van der Waals surface area contributed by atoms with Gasteiger partial charge in [0.25, 0.3) is 0 Å². The lowest BCUT2D eigenvalue weighted by molar-refractivity contribution is 0.0993. The van der Waals surface area contributed by atoms with Gasteiger partial charge in [-0.1, -0.05) is 24.3 Å². The lowest BCUT2D eigenvalue weighted by Crippen LogP contribution is -2.18. The number of alkyl halides is 1. The van der Waals surface area contributed by atoms with E-state index in [0.717, 1.165) is 5.56 Å². The number of hydrogen-bond acceptors (Lipinski definition) is 2. The van der Waals surface area contributed by atoms with Crippen molar-refractivity contribution in [2.45, 2.75) is 6.42 Å². The van der Waals surface area contributed by atoms with E-state index in [1.165, 1.54) is 0 Å². The summed E-state index contributed by atoms with van der Waals surface area (Å²) in [5, 5.41) is 2.80. The maximum atomic E-state index is 12.0. The van der Waals surface area contributed by atoms with Crippen LogP contribution >= 0.6 is 0 Å². The summed E-state index contributed by atoms with van der Waals surface area (Å²) in [6.07, 6.45) is 0.417. The molecule has 0 saturated carbocycles. The molecule has 0 aliphatic rings. The summed E-state index contributed by atoms with van der Waals surface area (Å²) in [6, 6.07) is 7.07. The van der Waals surface area contributed by atoms with E-state index in [1.807, 2.05) is 0 Å². The van der Waals surface area contributed by atoms with Crippen LogP contribution in [0.1, 0.15) is 15.9 Å². The van der Waals surface area contributed by atoms with E-state index in [2.05, 4.69) is 5.32 Å². The van der Waals surface area contributed by atoms with Crippen molar-refractivity contribution in [3.8, 4) is 0 Å². The number of benzene rings is 1. The van der Waals surface area contributed by atoms with Crippen LogP contribution in [0.2, 0.25) is 0 Å². The summed E-state index contributed by atoms with van der Waals surface area (Å²) in [6.45, 7) is -0.0216. The van der Waals surface area contributed by atoms with Gasteiger partial charge in [-0.3, -0.25) is 9.18 Å². The van der Waals surface area contributed by atoms with Crippen molar-refractivity contribution in [2.24, 2.45) is 0 Å². The maximum absolute atomic E-state index is 12.0. The van der Waals surface area contributed by atoms with Crippen molar-refractivity contribution >= 4 is 5.78 Å². The van der Waals surface area contributed by atoms with Crippen molar-refractivity contribution in [2.75, 3.05) is 20.3 Å². The van der Waals surface area contributed by atoms with E-state index in [1.54, 1.807) is 31.3 Å². The van der Waals surface area contributed by atoms with Gasteiger partial charge in [0.1, 0.15) is 0 Å². The maximum Gasteiger partial charge on any atom is 0.176 e. The molecule has 0 radical (unpaired) electrons. The smallest absolute Gasteiger partial charge is 0.176 e. The molecule has 1 aromatic rings. The molecule has 0 aliphatic carbocycles. The molecule has 0 spiro atoms. The number of ketones is 1. The summed E-state index contributed by atoms with van der Waals surface area (Å²) >= 11 is 0. The summed E-state index contributed by atoms with van der Waals surface area (Å²) < 4.78 is 12.0. The molecule has 14 heavy (non-hydrogen) atoms. The van der Waals surface area contributed by atoms with Crippen LogP contribution in [0.3, 0.4) is 0 Å². The Morgan fingerprint density at radius 3 is 2.50 bits per heavy atom. The molecular weight excluding hydrogens is 181 g/mol. The van der Waals surface area contributed by atoms with Crippen LogP contribution in [-0.4, -0.2) is 26.1 Å². The lowest BCUT2D eigenvalue weighted by Gasteiger charge is -2.01. The van der Waals surface area contributed by atoms with Crippen molar-refractivity contribution in [3.63, 3.8) is 0 Å². The van der Waals surface area contributed by atoms with E-state index in [4.69, 9.17) is 0 Å². The number of nitrogens with one attached hydrogen (secondary N) is 1. The van der Waals surface area contributed by atoms with Gasteiger partial charge in [-0.15, -0.1) is 0 Å². The number of rotatable bonds is 5. The van der Waals surface area contributed by atoms with E-state index in [0.29, 0.717) is 18.5 Å². The Morgan fingerprint density at radius 1 is 1.36 bits per heavy atom. The van der Waals surface area contributed by atoms with Crippen molar-refractivity contribution in [3.05, 3.63) is 35.4 Å². The van der Waals surface area contributed by atoms with Gasteiger partial charge in [-0.05, 0) is 12.6 Å². The first-order chi connectivity index (χ1) is 6.77. The second kappa shape index (κ2) is 5.50. The fraction of sp³-hybridized carbons (Fsp3) is 0.364. The van der Waals surface area contributed by atoms with Crippen molar-refractivity contribution in [1.82, 2.24) is 5.32 Å². The predicted octanol–water partition coefficient (Wildman–Crippen LogP) is 1.60. The van der Waals surface area contributed by atoms with E-state index < -0.39 is 0 Å². The van der Waals surface area contributed by atoms with Crippen LogP contribution in [0.5, 0.6) is 0 Å². The lowest BCUT2D eigenvalue weighted by atomic mass is 10.1. The van der Waals surface area contributed by atoms with Crippen LogP contribution in [0.25, 0.3) is 0 Å². The molecule has 0 amide bonds. The highest BCUT2D eigenvalue weighted by molar-refractivity contribution is 5.97. The number of Topliss-reactive ketones (excluding diaryl/α,β-unsaturated/α-hetero) is 1. The average molecular weight is 195 g/mol. The third kappa shape index (κ3) is 2.92. The molecule has 0 saturated heterocycles. The highest BCUT2D eigenvalue weighted by Crippen LogP contribution is 2.05. The summed E-state index contributed by atoms with van der Waals surface area (Å²) in [5.74, 6) is 0.0549. The molecule has 0 heterocycles. The summed E-state index contributed by atoms with van der Waals surface area (Å²) in [5.41, 5.74) is 1.59. The van der Waals surface area contributed by atoms with Gasteiger partial charge in [0.2, 0.25) is 0 Å². The van der Waals surface area contributed by atoms with E-state index in [-0.39, 0.29) is 12.5 Å². The molecule has 0 bridgehead atoms.